The summed E-state index contributed by atoms with van der Waals surface area (Å²) in [5.74, 6) is 0.188. The van der Waals surface area contributed by atoms with Gasteiger partial charge < -0.3 is 15.5 Å². The summed E-state index contributed by atoms with van der Waals surface area (Å²) in [5.41, 5.74) is 2.61. The molecule has 4 nitrogen and oxygen atoms in total. The number of carboxylic acid groups (broad SMARTS) is 1. The van der Waals surface area contributed by atoms with Crippen LogP contribution in [0.3, 0.4) is 0 Å². The Labute approximate surface area is 118 Å². The molecule has 0 heterocycles. The predicted octanol–water partition coefficient (Wildman–Crippen LogP) is 2.30. The first-order chi connectivity index (χ1) is 8.95. The van der Waals surface area contributed by atoms with Crippen LogP contribution >= 0.6 is 11.8 Å². The Morgan fingerprint density at radius 2 is 2.11 bits per heavy atom. The van der Waals surface area contributed by atoms with Crippen molar-refractivity contribution >= 4 is 17.7 Å². The molecule has 0 amide bonds. The van der Waals surface area contributed by atoms with Gasteiger partial charge >= 0.3 is 5.97 Å². The van der Waals surface area contributed by atoms with Crippen LogP contribution in [0.5, 0.6) is 5.75 Å². The van der Waals surface area contributed by atoms with Crippen molar-refractivity contribution in [3.05, 3.63) is 28.8 Å². The molecule has 1 aromatic rings. The summed E-state index contributed by atoms with van der Waals surface area (Å²) in [6.45, 7) is 4.16. The molecular formula is C14H21NO3S. The number of phenols is 1. The van der Waals surface area contributed by atoms with Gasteiger partial charge in [-0.3, -0.25) is 4.79 Å². The van der Waals surface area contributed by atoms with Crippen molar-refractivity contribution in [3.63, 3.8) is 0 Å². The first-order valence-electron chi connectivity index (χ1n) is 6.20. The number of benzene rings is 1. The van der Waals surface area contributed by atoms with Crippen molar-refractivity contribution in [2.24, 2.45) is 0 Å². The maximum absolute atomic E-state index is 11.1. The van der Waals surface area contributed by atoms with Crippen molar-refractivity contribution in [2.45, 2.75) is 32.9 Å². The topological polar surface area (TPSA) is 69.6 Å². The van der Waals surface area contributed by atoms with Crippen LogP contribution in [0.15, 0.2) is 12.1 Å². The van der Waals surface area contributed by atoms with Gasteiger partial charge in [0, 0.05) is 12.1 Å². The number of hydrogen-bond donors (Lipinski definition) is 3. The molecule has 0 radical (unpaired) electrons. The van der Waals surface area contributed by atoms with Crippen LogP contribution < -0.4 is 5.32 Å². The lowest BCUT2D eigenvalue weighted by Crippen LogP contribution is -2.36. The van der Waals surface area contributed by atoms with Gasteiger partial charge in [-0.2, -0.15) is 11.8 Å². The molecule has 0 bridgehead atoms. The third-order valence-corrected chi connectivity index (χ3v) is 3.62. The number of thioether (sulfide) groups is 1. The molecule has 1 atom stereocenters. The van der Waals surface area contributed by atoms with Gasteiger partial charge in [-0.15, -0.1) is 0 Å². The Kier molecular flexibility index (Phi) is 6.18. The summed E-state index contributed by atoms with van der Waals surface area (Å²) in [5, 5.41) is 22.1. The molecule has 0 unspecified atom stereocenters. The van der Waals surface area contributed by atoms with Gasteiger partial charge in [-0.1, -0.05) is 17.7 Å². The molecule has 0 aromatic heterocycles. The minimum absolute atomic E-state index is 0.243. The van der Waals surface area contributed by atoms with E-state index in [9.17, 15) is 9.90 Å². The Hall–Kier alpha value is -1.20. The smallest absolute Gasteiger partial charge is 0.320 e. The normalized spacial score (nSPS) is 12.4. The van der Waals surface area contributed by atoms with Gasteiger partial charge in [0.25, 0.3) is 0 Å². The molecule has 0 spiro atoms. The summed E-state index contributed by atoms with van der Waals surface area (Å²) in [4.78, 5) is 11.1. The van der Waals surface area contributed by atoms with Crippen molar-refractivity contribution in [1.82, 2.24) is 5.32 Å². The molecule has 0 aliphatic carbocycles. The predicted molar refractivity (Wildman–Crippen MR) is 78.8 cm³/mol. The highest BCUT2D eigenvalue weighted by atomic mass is 32.2. The van der Waals surface area contributed by atoms with Crippen molar-refractivity contribution < 1.29 is 15.0 Å². The Morgan fingerprint density at radius 1 is 1.42 bits per heavy atom. The van der Waals surface area contributed by atoms with Gasteiger partial charge in [-0.25, -0.2) is 0 Å². The van der Waals surface area contributed by atoms with E-state index in [0.29, 0.717) is 13.0 Å². The molecular weight excluding hydrogens is 262 g/mol. The van der Waals surface area contributed by atoms with E-state index in [1.165, 1.54) is 0 Å². The highest BCUT2D eigenvalue weighted by molar-refractivity contribution is 7.98. The van der Waals surface area contributed by atoms with Crippen LogP contribution in [0, 0.1) is 13.8 Å². The van der Waals surface area contributed by atoms with E-state index in [1.807, 2.05) is 32.2 Å². The number of carboxylic acids is 1. The highest BCUT2D eigenvalue weighted by Gasteiger charge is 2.17. The second-order valence-corrected chi connectivity index (χ2v) is 5.63. The molecule has 0 aliphatic rings. The number of hydrogen-bond acceptors (Lipinski definition) is 4. The van der Waals surface area contributed by atoms with Crippen molar-refractivity contribution in [1.29, 1.82) is 0 Å². The summed E-state index contributed by atoms with van der Waals surface area (Å²) >= 11 is 1.62. The maximum atomic E-state index is 11.1. The van der Waals surface area contributed by atoms with E-state index >= 15 is 0 Å². The number of carbonyl (C=O) groups is 1. The van der Waals surface area contributed by atoms with Crippen LogP contribution in [0.1, 0.15) is 23.1 Å². The van der Waals surface area contributed by atoms with Crippen LogP contribution in [0.2, 0.25) is 0 Å². The molecule has 0 saturated heterocycles. The minimum atomic E-state index is -0.849. The second kappa shape index (κ2) is 7.40. The van der Waals surface area contributed by atoms with E-state index in [2.05, 4.69) is 5.32 Å². The summed E-state index contributed by atoms with van der Waals surface area (Å²) < 4.78 is 0. The van der Waals surface area contributed by atoms with Gasteiger partial charge in [-0.05, 0) is 37.8 Å². The Bertz CT molecular complexity index is 449. The SMILES string of the molecule is CSCC[C@H](NCc1cc(C)cc(C)c1O)C(=O)O. The van der Waals surface area contributed by atoms with E-state index in [4.69, 9.17) is 5.11 Å². The second-order valence-electron chi connectivity index (χ2n) is 4.64. The van der Waals surface area contributed by atoms with E-state index in [-0.39, 0.29) is 5.75 Å². The van der Waals surface area contributed by atoms with Crippen LogP contribution in [-0.4, -0.2) is 34.2 Å². The van der Waals surface area contributed by atoms with Gasteiger partial charge in [0.05, 0.1) is 0 Å². The molecule has 0 saturated carbocycles. The monoisotopic (exact) mass is 283 g/mol. The van der Waals surface area contributed by atoms with Gasteiger partial charge in [0.1, 0.15) is 11.8 Å². The highest BCUT2D eigenvalue weighted by Crippen LogP contribution is 2.23. The quantitative estimate of drug-likeness (QED) is 0.716. The summed E-state index contributed by atoms with van der Waals surface area (Å²) in [6.07, 6.45) is 2.52. The number of nitrogens with one attached hydrogen (secondary N) is 1. The first-order valence-corrected chi connectivity index (χ1v) is 7.59. The standard InChI is InChI=1S/C14H21NO3S/c1-9-6-10(2)13(16)11(7-9)8-15-12(14(17)18)4-5-19-3/h6-7,12,15-16H,4-5,8H2,1-3H3,(H,17,18)/t12-/m0/s1. The minimum Gasteiger partial charge on any atom is -0.507 e. The number of aryl methyl sites for hydroxylation is 2. The average Bonchev–Trinajstić information content (AvgIpc) is 2.34. The molecule has 106 valence electrons. The molecule has 3 N–H and O–H groups in total. The number of aromatic hydroxyl groups is 1. The fourth-order valence-electron chi connectivity index (χ4n) is 1.96. The fourth-order valence-corrected chi connectivity index (χ4v) is 2.44. The molecule has 0 aliphatic heterocycles. The fraction of sp³-hybridized carbons (Fsp3) is 0.500. The summed E-state index contributed by atoms with van der Waals surface area (Å²) in [7, 11) is 0. The number of aliphatic carboxylic acids is 1. The molecule has 1 rings (SSSR count). The van der Waals surface area contributed by atoms with E-state index in [1.54, 1.807) is 11.8 Å². The number of rotatable bonds is 7. The summed E-state index contributed by atoms with van der Waals surface area (Å²) in [6, 6.07) is 3.21. The lowest BCUT2D eigenvalue weighted by molar-refractivity contribution is -0.139. The molecule has 19 heavy (non-hydrogen) atoms. The van der Waals surface area contributed by atoms with Crippen molar-refractivity contribution in [2.75, 3.05) is 12.0 Å². The van der Waals surface area contributed by atoms with Crippen molar-refractivity contribution in [3.8, 4) is 5.75 Å². The van der Waals surface area contributed by atoms with Gasteiger partial charge in [0.2, 0.25) is 0 Å². The lowest BCUT2D eigenvalue weighted by atomic mass is 10.1. The third-order valence-electron chi connectivity index (χ3n) is 2.97. The van der Waals surface area contributed by atoms with E-state index < -0.39 is 12.0 Å². The molecule has 5 heteroatoms. The zero-order valence-electron chi connectivity index (χ0n) is 11.6. The Morgan fingerprint density at radius 3 is 2.68 bits per heavy atom. The van der Waals surface area contributed by atoms with E-state index in [0.717, 1.165) is 22.4 Å². The van der Waals surface area contributed by atoms with Gasteiger partial charge in [0.15, 0.2) is 0 Å². The van der Waals surface area contributed by atoms with Crippen LogP contribution in [0.4, 0.5) is 0 Å². The average molecular weight is 283 g/mol. The largest absolute Gasteiger partial charge is 0.507 e. The lowest BCUT2D eigenvalue weighted by Gasteiger charge is -2.15. The molecule has 1 aromatic carbocycles. The maximum Gasteiger partial charge on any atom is 0.320 e. The molecule has 0 fully saturated rings. The zero-order chi connectivity index (χ0) is 14.4. The Balaban J connectivity index is 2.71. The third kappa shape index (κ3) is 4.76. The first kappa shape index (κ1) is 15.9. The zero-order valence-corrected chi connectivity index (χ0v) is 12.4. The van der Waals surface area contributed by atoms with Crippen LogP contribution in [-0.2, 0) is 11.3 Å². The number of phenolic OH excluding ortho intramolecular Hbond substituents is 1. The van der Waals surface area contributed by atoms with Crippen LogP contribution in [0.25, 0.3) is 0 Å².